The molecule has 0 spiro atoms. The standard InChI is InChI=1S/C15H14F3NO3S/c1-10-7-8-12(9-11(10)2)23(20,21)19-13-5-3-4-6-14(13)22-15(16,17)18/h3-9,19H,1-2H3. The fourth-order valence-corrected chi connectivity index (χ4v) is 3.00. The van der Waals surface area contributed by atoms with Crippen LogP contribution < -0.4 is 9.46 Å². The van der Waals surface area contributed by atoms with Gasteiger partial charge in [0, 0.05) is 0 Å². The van der Waals surface area contributed by atoms with Crippen LogP contribution in [0.5, 0.6) is 5.75 Å². The number of aryl methyl sites for hydroxylation is 2. The highest BCUT2D eigenvalue weighted by atomic mass is 32.2. The Labute approximate surface area is 132 Å². The van der Waals surface area contributed by atoms with Crippen LogP contribution in [0.15, 0.2) is 47.4 Å². The van der Waals surface area contributed by atoms with E-state index in [0.717, 1.165) is 17.2 Å². The van der Waals surface area contributed by atoms with E-state index >= 15 is 0 Å². The molecule has 0 aliphatic carbocycles. The van der Waals surface area contributed by atoms with E-state index in [-0.39, 0.29) is 10.6 Å². The fraction of sp³-hybridized carbons (Fsp3) is 0.200. The third-order valence-electron chi connectivity index (χ3n) is 3.15. The van der Waals surface area contributed by atoms with Gasteiger partial charge in [0.25, 0.3) is 10.0 Å². The van der Waals surface area contributed by atoms with Crippen molar-refractivity contribution in [2.24, 2.45) is 0 Å². The summed E-state index contributed by atoms with van der Waals surface area (Å²) >= 11 is 0. The molecule has 0 aliphatic rings. The Kier molecular flexibility index (Phi) is 4.56. The second kappa shape index (κ2) is 6.11. The number of anilines is 1. The van der Waals surface area contributed by atoms with Gasteiger partial charge in [0.1, 0.15) is 0 Å². The zero-order valence-electron chi connectivity index (χ0n) is 12.3. The highest BCUT2D eigenvalue weighted by Crippen LogP contribution is 2.31. The molecule has 2 aromatic carbocycles. The first-order valence-corrected chi connectivity index (χ1v) is 8.02. The van der Waals surface area contributed by atoms with Gasteiger partial charge in [0.2, 0.25) is 0 Å². The predicted molar refractivity (Wildman–Crippen MR) is 79.8 cm³/mol. The molecule has 0 amide bonds. The number of alkyl halides is 3. The van der Waals surface area contributed by atoms with E-state index in [1.165, 1.54) is 30.3 Å². The number of hydrogen-bond acceptors (Lipinski definition) is 3. The maximum Gasteiger partial charge on any atom is 0.573 e. The SMILES string of the molecule is Cc1ccc(S(=O)(=O)Nc2ccccc2OC(F)(F)F)cc1C. The van der Waals surface area contributed by atoms with Crippen molar-refractivity contribution in [1.29, 1.82) is 0 Å². The Morgan fingerprint density at radius 3 is 2.26 bits per heavy atom. The topological polar surface area (TPSA) is 55.4 Å². The fourth-order valence-electron chi connectivity index (χ4n) is 1.85. The molecule has 2 aromatic rings. The minimum Gasteiger partial charge on any atom is -0.404 e. The maximum absolute atomic E-state index is 12.4. The molecule has 0 saturated heterocycles. The van der Waals surface area contributed by atoms with Gasteiger partial charge in [0.05, 0.1) is 10.6 Å². The molecule has 1 N–H and O–H groups in total. The molecule has 0 saturated carbocycles. The maximum atomic E-state index is 12.4. The quantitative estimate of drug-likeness (QED) is 0.911. The molecular formula is C15H14F3NO3S. The number of nitrogens with one attached hydrogen (secondary N) is 1. The molecule has 0 bridgehead atoms. The van der Waals surface area contributed by atoms with Crippen molar-refractivity contribution in [1.82, 2.24) is 0 Å². The van der Waals surface area contributed by atoms with Gasteiger partial charge in [0.15, 0.2) is 5.75 Å². The van der Waals surface area contributed by atoms with Gasteiger partial charge in [-0.15, -0.1) is 13.2 Å². The van der Waals surface area contributed by atoms with E-state index in [2.05, 4.69) is 9.46 Å². The zero-order valence-corrected chi connectivity index (χ0v) is 13.1. The average Bonchev–Trinajstić information content (AvgIpc) is 2.42. The van der Waals surface area contributed by atoms with Gasteiger partial charge in [-0.05, 0) is 49.2 Å². The summed E-state index contributed by atoms with van der Waals surface area (Å²) in [5.74, 6) is -0.618. The molecule has 0 unspecified atom stereocenters. The Morgan fingerprint density at radius 1 is 1.00 bits per heavy atom. The average molecular weight is 345 g/mol. The highest BCUT2D eigenvalue weighted by Gasteiger charge is 2.32. The zero-order chi connectivity index (χ0) is 17.3. The van der Waals surface area contributed by atoms with Crippen molar-refractivity contribution < 1.29 is 26.3 Å². The van der Waals surface area contributed by atoms with Crippen LogP contribution in [0.3, 0.4) is 0 Å². The second-order valence-corrected chi connectivity index (χ2v) is 6.58. The molecule has 4 nitrogen and oxygen atoms in total. The van der Waals surface area contributed by atoms with Gasteiger partial charge in [-0.1, -0.05) is 18.2 Å². The summed E-state index contributed by atoms with van der Waals surface area (Å²) in [4.78, 5) is -0.0394. The van der Waals surface area contributed by atoms with Crippen molar-refractivity contribution in [2.75, 3.05) is 4.72 Å². The van der Waals surface area contributed by atoms with Gasteiger partial charge in [-0.3, -0.25) is 4.72 Å². The van der Waals surface area contributed by atoms with Crippen LogP contribution in [0.1, 0.15) is 11.1 Å². The van der Waals surface area contributed by atoms with Crippen LogP contribution in [0.2, 0.25) is 0 Å². The van der Waals surface area contributed by atoms with Gasteiger partial charge in [-0.25, -0.2) is 8.42 Å². The molecule has 0 atom stereocenters. The molecule has 23 heavy (non-hydrogen) atoms. The first-order valence-electron chi connectivity index (χ1n) is 6.53. The van der Waals surface area contributed by atoms with E-state index in [1.807, 2.05) is 6.92 Å². The first kappa shape index (κ1) is 17.1. The van der Waals surface area contributed by atoms with Crippen molar-refractivity contribution in [3.63, 3.8) is 0 Å². The molecule has 0 aliphatic heterocycles. The highest BCUT2D eigenvalue weighted by molar-refractivity contribution is 7.92. The lowest BCUT2D eigenvalue weighted by Gasteiger charge is -2.15. The summed E-state index contributed by atoms with van der Waals surface area (Å²) in [5, 5.41) is 0. The molecule has 0 radical (unpaired) electrons. The van der Waals surface area contributed by atoms with Crippen LogP contribution in [-0.4, -0.2) is 14.8 Å². The van der Waals surface area contributed by atoms with E-state index in [0.29, 0.717) is 0 Å². The molecule has 124 valence electrons. The van der Waals surface area contributed by atoms with Gasteiger partial charge in [-0.2, -0.15) is 0 Å². The molecule has 0 heterocycles. The lowest BCUT2D eigenvalue weighted by Crippen LogP contribution is -2.19. The van der Waals surface area contributed by atoms with Crippen LogP contribution in [0, 0.1) is 13.8 Å². The van der Waals surface area contributed by atoms with Crippen LogP contribution in [0.25, 0.3) is 0 Å². The largest absolute Gasteiger partial charge is 0.573 e. The van der Waals surface area contributed by atoms with E-state index in [1.54, 1.807) is 13.0 Å². The molecular weight excluding hydrogens is 331 g/mol. The Morgan fingerprint density at radius 2 is 1.65 bits per heavy atom. The summed E-state index contributed by atoms with van der Waals surface area (Å²) in [6.45, 7) is 3.57. The Bertz CT molecular complexity index is 817. The minimum atomic E-state index is -4.91. The summed E-state index contributed by atoms with van der Waals surface area (Å²) in [6, 6.07) is 9.41. The number of rotatable bonds is 4. The Balaban J connectivity index is 2.36. The van der Waals surface area contributed by atoms with Crippen molar-refractivity contribution in [3.8, 4) is 5.75 Å². The lowest BCUT2D eigenvalue weighted by atomic mass is 10.1. The summed E-state index contributed by atoms with van der Waals surface area (Å²) in [5.41, 5.74) is 1.38. The predicted octanol–water partition coefficient (Wildman–Crippen LogP) is 4.00. The number of para-hydroxylation sites is 2. The van der Waals surface area contributed by atoms with Crippen molar-refractivity contribution in [2.45, 2.75) is 25.1 Å². The van der Waals surface area contributed by atoms with Crippen LogP contribution in [0.4, 0.5) is 18.9 Å². The smallest absolute Gasteiger partial charge is 0.404 e. The van der Waals surface area contributed by atoms with E-state index in [4.69, 9.17) is 0 Å². The summed E-state index contributed by atoms with van der Waals surface area (Å²) < 4.78 is 67.7. The Hall–Kier alpha value is -2.22. The molecule has 0 fully saturated rings. The molecule has 2 rings (SSSR count). The number of halogens is 3. The number of sulfonamides is 1. The molecule has 0 aromatic heterocycles. The number of ether oxygens (including phenoxy) is 1. The monoisotopic (exact) mass is 345 g/mol. The first-order chi connectivity index (χ1) is 10.6. The number of benzene rings is 2. The van der Waals surface area contributed by atoms with E-state index in [9.17, 15) is 21.6 Å². The summed E-state index contributed by atoms with van der Waals surface area (Å²) in [6.07, 6.45) is -4.91. The van der Waals surface area contributed by atoms with Crippen LogP contribution >= 0.6 is 0 Å². The third-order valence-corrected chi connectivity index (χ3v) is 4.51. The lowest BCUT2D eigenvalue weighted by molar-refractivity contribution is -0.274. The van der Waals surface area contributed by atoms with Crippen molar-refractivity contribution >= 4 is 15.7 Å². The van der Waals surface area contributed by atoms with Gasteiger partial charge >= 0.3 is 6.36 Å². The van der Waals surface area contributed by atoms with Gasteiger partial charge < -0.3 is 4.74 Å². The number of hydrogen-bond donors (Lipinski definition) is 1. The normalized spacial score (nSPS) is 12.0. The molecule has 8 heteroatoms. The third kappa shape index (κ3) is 4.38. The van der Waals surface area contributed by atoms with Crippen molar-refractivity contribution in [3.05, 3.63) is 53.6 Å². The van der Waals surface area contributed by atoms with E-state index < -0.39 is 22.1 Å². The summed E-state index contributed by atoms with van der Waals surface area (Å²) in [7, 11) is -4.03. The van der Waals surface area contributed by atoms with Crippen LogP contribution in [-0.2, 0) is 10.0 Å². The minimum absolute atomic E-state index is 0.0394. The second-order valence-electron chi connectivity index (χ2n) is 4.90.